The number of benzene rings is 2. The van der Waals surface area contributed by atoms with Crippen LogP contribution < -0.4 is 16.0 Å². The van der Waals surface area contributed by atoms with Crippen molar-refractivity contribution < 1.29 is 42.6 Å². The minimum Gasteiger partial charge on any atom is -0.445 e. The summed E-state index contributed by atoms with van der Waals surface area (Å²) in [6, 6.07) is 16.7. The number of hydrogen-bond donors (Lipinski definition) is 4. The van der Waals surface area contributed by atoms with Gasteiger partial charge in [-0.15, -0.1) is 0 Å². The highest BCUT2D eigenvalue weighted by Crippen LogP contribution is 2.60. The van der Waals surface area contributed by atoms with E-state index in [-0.39, 0.29) is 31.6 Å². The summed E-state index contributed by atoms with van der Waals surface area (Å²) in [4.78, 5) is 60.7. The van der Waals surface area contributed by atoms with Gasteiger partial charge in [-0.25, -0.2) is 14.4 Å². The van der Waals surface area contributed by atoms with Gasteiger partial charge in [0.25, 0.3) is 5.91 Å². The molecule has 1 fully saturated rings. The van der Waals surface area contributed by atoms with E-state index in [1.54, 1.807) is 52.9 Å². The Labute approximate surface area is 257 Å². The lowest BCUT2D eigenvalue weighted by molar-refractivity contribution is -0.165. The molecule has 0 saturated carbocycles. The van der Waals surface area contributed by atoms with Crippen molar-refractivity contribution in [2.75, 3.05) is 13.1 Å². The fourth-order valence-electron chi connectivity index (χ4n) is 4.04. The molecule has 2 aromatic carbocycles. The lowest BCUT2D eigenvalue weighted by Crippen LogP contribution is -2.44. The highest BCUT2D eigenvalue weighted by molar-refractivity contribution is 14.1. The quantitative estimate of drug-likeness (QED) is 0.0427. The summed E-state index contributed by atoms with van der Waals surface area (Å²) in [7, 11) is -4.77. The van der Waals surface area contributed by atoms with Crippen LogP contribution in [-0.4, -0.2) is 57.4 Å². The van der Waals surface area contributed by atoms with Crippen LogP contribution in [0.25, 0.3) is 0 Å². The van der Waals surface area contributed by atoms with E-state index in [0.717, 1.165) is 12.0 Å². The van der Waals surface area contributed by atoms with Crippen molar-refractivity contribution in [3.63, 3.8) is 0 Å². The van der Waals surface area contributed by atoms with Gasteiger partial charge < -0.3 is 30.3 Å². The van der Waals surface area contributed by atoms with Gasteiger partial charge >= 0.3 is 25.6 Å². The van der Waals surface area contributed by atoms with Crippen LogP contribution in [0.3, 0.4) is 0 Å². The van der Waals surface area contributed by atoms with Crippen LogP contribution in [0.2, 0.25) is 0 Å². The number of rotatable bonds is 14. The van der Waals surface area contributed by atoms with E-state index in [1.807, 2.05) is 30.3 Å². The third-order valence-corrected chi connectivity index (χ3v) is 10.9. The molecule has 14 heteroatoms. The first-order chi connectivity index (χ1) is 20.0. The Balaban J connectivity index is 1.58. The average Bonchev–Trinajstić information content (AvgIpc) is 3.52. The molecular weight excluding hydrogens is 680 g/mol. The molecule has 0 radical (unpaired) electrons. The SMILES string of the molecule is CC(OP(=O)(O)C(I)(CCCCNC(=O)OCc1ccccc1)NC(=O)c1ccccc1)C(=O)OC(=O)[C@@H]1CCCN1. The molecule has 4 atom stereocenters. The Bertz CT molecular complexity index is 1260. The standard InChI is InChI=1S/C28H35IN3O9P/c1-20(25(34)40-26(35)23-15-10-18-30-23)41-42(37,38)28(29,32-24(33)22-13-6-3-7-14-22)16-8-9-17-31-27(36)39-19-21-11-4-2-5-12-21/h2-7,11-14,20,23,30H,8-10,15-19H2,1H3,(H,31,36)(H,32,33)(H,37,38)/t20?,23-,28?/m0/s1. The fourth-order valence-corrected chi connectivity index (χ4v) is 6.37. The zero-order valence-electron chi connectivity index (χ0n) is 23.1. The van der Waals surface area contributed by atoms with Crippen molar-refractivity contribution in [2.45, 2.75) is 61.1 Å². The molecule has 0 aliphatic carbocycles. The first-order valence-corrected chi connectivity index (χ1v) is 16.2. The Kier molecular flexibility index (Phi) is 12.9. The molecule has 1 aliphatic rings. The number of unbranched alkanes of at least 4 members (excludes halogenated alkanes) is 1. The zero-order valence-corrected chi connectivity index (χ0v) is 26.2. The van der Waals surface area contributed by atoms with E-state index in [2.05, 4.69) is 16.0 Å². The second kappa shape index (κ2) is 16.1. The summed E-state index contributed by atoms with van der Waals surface area (Å²) in [6.45, 7) is 2.14. The van der Waals surface area contributed by atoms with Crippen molar-refractivity contribution in [3.8, 4) is 0 Å². The van der Waals surface area contributed by atoms with Crippen molar-refractivity contribution in [1.82, 2.24) is 16.0 Å². The molecule has 12 nitrogen and oxygen atoms in total. The van der Waals surface area contributed by atoms with Gasteiger partial charge in [-0.05, 0) is 85.9 Å². The zero-order chi connectivity index (χ0) is 30.6. The molecule has 3 unspecified atom stereocenters. The number of amides is 2. The molecule has 3 rings (SSSR count). The minimum absolute atomic E-state index is 0.0483. The van der Waals surface area contributed by atoms with Crippen LogP contribution in [0.4, 0.5) is 4.79 Å². The van der Waals surface area contributed by atoms with Gasteiger partial charge in [-0.3, -0.25) is 13.9 Å². The summed E-state index contributed by atoms with van der Waals surface area (Å²) < 4.78 is 27.0. The van der Waals surface area contributed by atoms with E-state index >= 15 is 0 Å². The summed E-state index contributed by atoms with van der Waals surface area (Å²) >= 11 is 1.65. The predicted octanol–water partition coefficient (Wildman–Crippen LogP) is 4.01. The largest absolute Gasteiger partial charge is 0.445 e. The molecule has 0 aromatic heterocycles. The Morgan fingerprint density at radius 1 is 1.10 bits per heavy atom. The number of hydrogen-bond acceptors (Lipinski definition) is 9. The average molecular weight is 715 g/mol. The number of ether oxygens (including phenoxy) is 2. The number of alkyl halides is 1. The number of esters is 2. The summed E-state index contributed by atoms with van der Waals surface area (Å²) in [5, 5.41) is 8.12. The fraction of sp³-hybridized carbons (Fsp3) is 0.429. The van der Waals surface area contributed by atoms with Crippen LogP contribution in [0.5, 0.6) is 0 Å². The molecule has 0 bridgehead atoms. The number of halogens is 1. The molecule has 42 heavy (non-hydrogen) atoms. The first-order valence-electron chi connectivity index (χ1n) is 13.5. The third kappa shape index (κ3) is 10.2. The Morgan fingerprint density at radius 3 is 2.40 bits per heavy atom. The molecule has 1 aliphatic heterocycles. The topological polar surface area (TPSA) is 169 Å². The summed E-state index contributed by atoms with van der Waals surface area (Å²) in [5.74, 6) is -2.52. The van der Waals surface area contributed by atoms with Gasteiger partial charge in [0.15, 0.2) is 9.39 Å². The van der Waals surface area contributed by atoms with Crippen LogP contribution in [-0.2, 0) is 34.8 Å². The van der Waals surface area contributed by atoms with Gasteiger partial charge in [-0.1, -0.05) is 48.5 Å². The maximum atomic E-state index is 13.6. The Morgan fingerprint density at radius 2 is 1.76 bits per heavy atom. The van der Waals surface area contributed by atoms with E-state index < -0.39 is 47.0 Å². The molecular formula is C28H35IN3O9P. The molecule has 1 saturated heterocycles. The normalized spacial score (nSPS) is 18.1. The van der Waals surface area contributed by atoms with Gasteiger partial charge in [0.1, 0.15) is 12.6 Å². The molecule has 4 N–H and O–H groups in total. The monoisotopic (exact) mass is 715 g/mol. The van der Waals surface area contributed by atoms with Crippen molar-refractivity contribution in [3.05, 3.63) is 71.8 Å². The second-order valence-corrected chi connectivity index (χ2v) is 14.4. The highest BCUT2D eigenvalue weighted by atomic mass is 127. The van der Waals surface area contributed by atoms with E-state index in [4.69, 9.17) is 14.0 Å². The van der Waals surface area contributed by atoms with Gasteiger partial charge in [0, 0.05) is 12.1 Å². The molecule has 1 heterocycles. The molecule has 0 spiro atoms. The third-order valence-electron chi connectivity index (χ3n) is 6.38. The van der Waals surface area contributed by atoms with Crippen LogP contribution in [0, 0.1) is 0 Å². The summed E-state index contributed by atoms with van der Waals surface area (Å²) in [6.07, 6.45) is -0.287. The van der Waals surface area contributed by atoms with E-state index in [1.165, 1.54) is 6.92 Å². The minimum atomic E-state index is -4.77. The number of carbonyl (C=O) groups is 4. The first kappa shape index (κ1) is 33.7. The predicted molar refractivity (Wildman–Crippen MR) is 162 cm³/mol. The van der Waals surface area contributed by atoms with Crippen LogP contribution in [0.1, 0.15) is 54.9 Å². The Hall–Kier alpha value is -2.84. The number of alkyl carbamates (subject to hydrolysis) is 1. The van der Waals surface area contributed by atoms with Gasteiger partial charge in [-0.2, -0.15) is 0 Å². The lowest BCUT2D eigenvalue weighted by Gasteiger charge is -2.33. The maximum Gasteiger partial charge on any atom is 0.407 e. The van der Waals surface area contributed by atoms with Crippen molar-refractivity contribution >= 4 is 54.1 Å². The highest BCUT2D eigenvalue weighted by Gasteiger charge is 2.50. The molecule has 2 aromatic rings. The number of nitrogens with one attached hydrogen (secondary N) is 3. The van der Waals surface area contributed by atoms with Gasteiger partial charge in [0.05, 0.1) is 0 Å². The number of carbonyl (C=O) groups excluding carboxylic acids is 4. The van der Waals surface area contributed by atoms with Crippen molar-refractivity contribution in [1.29, 1.82) is 0 Å². The molecule has 2 amide bonds. The lowest BCUT2D eigenvalue weighted by atomic mass is 10.2. The van der Waals surface area contributed by atoms with E-state index in [9.17, 15) is 28.6 Å². The second-order valence-electron chi connectivity index (χ2n) is 9.68. The van der Waals surface area contributed by atoms with Crippen molar-refractivity contribution in [2.24, 2.45) is 0 Å². The van der Waals surface area contributed by atoms with Crippen LogP contribution in [0.15, 0.2) is 60.7 Å². The smallest absolute Gasteiger partial charge is 0.407 e. The van der Waals surface area contributed by atoms with Crippen LogP contribution >= 0.6 is 30.2 Å². The molecule has 228 valence electrons. The van der Waals surface area contributed by atoms with Gasteiger partial charge in [0.2, 0.25) is 0 Å². The summed E-state index contributed by atoms with van der Waals surface area (Å²) in [5.41, 5.74) is 1.09. The maximum absolute atomic E-state index is 13.6. The van der Waals surface area contributed by atoms with E-state index in [0.29, 0.717) is 19.4 Å².